The van der Waals surface area contributed by atoms with Crippen LogP contribution in [0.25, 0.3) is 0 Å². The minimum atomic E-state index is 0.185. The molecule has 1 saturated heterocycles. The molecule has 1 heterocycles. The van der Waals surface area contributed by atoms with E-state index in [0.717, 1.165) is 32.4 Å². The Bertz CT molecular complexity index is 224. The van der Waals surface area contributed by atoms with Crippen LogP contribution in [0.5, 0.6) is 0 Å². The number of rotatable bonds is 5. The monoisotopic (exact) mass is 227 g/mol. The van der Waals surface area contributed by atoms with Gasteiger partial charge in [-0.05, 0) is 11.8 Å². The molecule has 0 aliphatic carbocycles. The lowest BCUT2D eigenvalue weighted by molar-refractivity contribution is -0.137. The third kappa shape index (κ3) is 3.78. The van der Waals surface area contributed by atoms with Crippen LogP contribution in [-0.2, 0) is 9.53 Å². The summed E-state index contributed by atoms with van der Waals surface area (Å²) in [4.78, 5) is 14.1. The summed E-state index contributed by atoms with van der Waals surface area (Å²) in [5.74, 6) is 0.307. The van der Waals surface area contributed by atoms with Crippen molar-refractivity contribution in [1.29, 1.82) is 0 Å². The van der Waals surface area contributed by atoms with Crippen molar-refractivity contribution in [3.8, 4) is 0 Å². The molecule has 0 spiro atoms. The topological polar surface area (TPSA) is 29.5 Å². The van der Waals surface area contributed by atoms with Crippen molar-refractivity contribution in [2.75, 3.05) is 26.3 Å². The lowest BCUT2D eigenvalue weighted by Crippen LogP contribution is -2.42. The normalized spacial score (nSPS) is 20.6. The molecule has 0 N–H and O–H groups in total. The number of hydrogen-bond donors (Lipinski definition) is 0. The van der Waals surface area contributed by atoms with Crippen LogP contribution in [0.15, 0.2) is 0 Å². The second-order valence-corrected chi connectivity index (χ2v) is 5.08. The molecular formula is C13H25NO2. The van der Waals surface area contributed by atoms with Crippen LogP contribution in [0.2, 0.25) is 0 Å². The van der Waals surface area contributed by atoms with Gasteiger partial charge in [-0.15, -0.1) is 0 Å². The van der Waals surface area contributed by atoms with Crippen LogP contribution < -0.4 is 0 Å². The fourth-order valence-electron chi connectivity index (χ4n) is 2.28. The van der Waals surface area contributed by atoms with Gasteiger partial charge in [0.1, 0.15) is 0 Å². The van der Waals surface area contributed by atoms with E-state index in [0.29, 0.717) is 25.5 Å². The molecule has 1 fully saturated rings. The summed E-state index contributed by atoms with van der Waals surface area (Å²) >= 11 is 0. The van der Waals surface area contributed by atoms with E-state index in [2.05, 4.69) is 20.8 Å². The lowest BCUT2D eigenvalue weighted by Gasteiger charge is -2.32. The van der Waals surface area contributed by atoms with Crippen molar-refractivity contribution in [3.05, 3.63) is 0 Å². The summed E-state index contributed by atoms with van der Waals surface area (Å²) in [6.07, 6.45) is 4.06. The van der Waals surface area contributed by atoms with Crippen LogP contribution in [-0.4, -0.2) is 37.1 Å². The second kappa shape index (κ2) is 6.24. The Labute approximate surface area is 99.1 Å². The zero-order valence-electron chi connectivity index (χ0n) is 10.9. The van der Waals surface area contributed by atoms with Crippen molar-refractivity contribution in [3.63, 3.8) is 0 Å². The molecule has 3 heteroatoms. The highest BCUT2D eigenvalue weighted by Gasteiger charge is 2.27. The summed E-state index contributed by atoms with van der Waals surface area (Å²) in [5.41, 5.74) is 0.185. The summed E-state index contributed by atoms with van der Waals surface area (Å²) in [6.45, 7) is 9.53. The van der Waals surface area contributed by atoms with Gasteiger partial charge in [0.25, 0.3) is 0 Å². The molecule has 1 unspecified atom stereocenters. The third-order valence-electron chi connectivity index (χ3n) is 3.65. The molecule has 0 aromatic carbocycles. The Kier molecular flexibility index (Phi) is 5.26. The highest BCUT2D eigenvalue weighted by Crippen LogP contribution is 2.32. The van der Waals surface area contributed by atoms with E-state index in [9.17, 15) is 4.79 Å². The fourth-order valence-corrected chi connectivity index (χ4v) is 2.28. The van der Waals surface area contributed by atoms with Crippen molar-refractivity contribution in [2.24, 2.45) is 5.41 Å². The van der Waals surface area contributed by atoms with Gasteiger partial charge in [0, 0.05) is 19.5 Å². The van der Waals surface area contributed by atoms with E-state index in [1.165, 1.54) is 0 Å². The maximum absolute atomic E-state index is 12.1. The van der Waals surface area contributed by atoms with Gasteiger partial charge in [0.2, 0.25) is 5.91 Å². The maximum atomic E-state index is 12.1. The molecule has 1 aliphatic rings. The first kappa shape index (κ1) is 13.5. The molecule has 1 rings (SSSR count). The molecule has 0 saturated carbocycles. The Balaban J connectivity index is 2.47. The van der Waals surface area contributed by atoms with E-state index >= 15 is 0 Å². The molecule has 0 aromatic rings. The first-order chi connectivity index (χ1) is 7.61. The molecule has 1 aliphatic heterocycles. The van der Waals surface area contributed by atoms with Crippen LogP contribution in [0.4, 0.5) is 0 Å². The van der Waals surface area contributed by atoms with E-state index in [1.807, 2.05) is 4.90 Å². The maximum Gasteiger partial charge on any atom is 0.223 e. The van der Waals surface area contributed by atoms with Gasteiger partial charge in [0.15, 0.2) is 0 Å². The Morgan fingerprint density at radius 3 is 2.44 bits per heavy atom. The molecule has 0 aromatic heterocycles. The summed E-state index contributed by atoms with van der Waals surface area (Å²) in [5, 5.41) is 0. The van der Waals surface area contributed by atoms with E-state index in [4.69, 9.17) is 4.74 Å². The van der Waals surface area contributed by atoms with Crippen LogP contribution in [0, 0.1) is 5.41 Å². The minimum absolute atomic E-state index is 0.185. The van der Waals surface area contributed by atoms with Crippen LogP contribution in [0.3, 0.4) is 0 Å². The smallest absolute Gasteiger partial charge is 0.223 e. The number of ether oxygens (including phenoxy) is 1. The van der Waals surface area contributed by atoms with Crippen LogP contribution in [0.1, 0.15) is 46.5 Å². The third-order valence-corrected chi connectivity index (χ3v) is 3.65. The highest BCUT2D eigenvalue weighted by atomic mass is 16.5. The zero-order valence-corrected chi connectivity index (χ0v) is 10.9. The molecule has 0 radical (unpaired) electrons. The first-order valence-electron chi connectivity index (χ1n) is 6.47. The fraction of sp³-hybridized carbons (Fsp3) is 0.923. The van der Waals surface area contributed by atoms with Gasteiger partial charge < -0.3 is 9.64 Å². The highest BCUT2D eigenvalue weighted by molar-refractivity contribution is 5.77. The lowest BCUT2D eigenvalue weighted by atomic mass is 9.79. The summed E-state index contributed by atoms with van der Waals surface area (Å²) in [7, 11) is 0. The largest absolute Gasteiger partial charge is 0.378 e. The number of amides is 1. The standard InChI is InChI=1S/C13H25NO2/c1-4-6-13(3,5-2)11-12(15)14-7-9-16-10-8-14/h4-11H2,1-3H3. The van der Waals surface area contributed by atoms with Gasteiger partial charge in [0.05, 0.1) is 13.2 Å². The zero-order chi connectivity index (χ0) is 12.0. The predicted octanol–water partition coefficient (Wildman–Crippen LogP) is 2.45. The number of hydrogen-bond acceptors (Lipinski definition) is 2. The van der Waals surface area contributed by atoms with Gasteiger partial charge >= 0.3 is 0 Å². The van der Waals surface area contributed by atoms with E-state index < -0.39 is 0 Å². The van der Waals surface area contributed by atoms with Crippen molar-refractivity contribution in [2.45, 2.75) is 46.5 Å². The number of morpholine rings is 1. The summed E-state index contributed by atoms with van der Waals surface area (Å²) in [6, 6.07) is 0. The Morgan fingerprint density at radius 2 is 1.94 bits per heavy atom. The summed E-state index contributed by atoms with van der Waals surface area (Å²) < 4.78 is 5.26. The van der Waals surface area contributed by atoms with Gasteiger partial charge in [-0.2, -0.15) is 0 Å². The quantitative estimate of drug-likeness (QED) is 0.722. The van der Waals surface area contributed by atoms with Gasteiger partial charge in [-0.25, -0.2) is 0 Å². The Hall–Kier alpha value is -0.570. The van der Waals surface area contributed by atoms with Gasteiger partial charge in [-0.1, -0.05) is 33.6 Å². The SMILES string of the molecule is CCCC(C)(CC)CC(=O)N1CCOCC1. The molecule has 0 bridgehead atoms. The molecule has 1 amide bonds. The van der Waals surface area contributed by atoms with Gasteiger partial charge in [-0.3, -0.25) is 4.79 Å². The first-order valence-corrected chi connectivity index (χ1v) is 6.47. The van der Waals surface area contributed by atoms with E-state index in [-0.39, 0.29) is 5.41 Å². The second-order valence-electron chi connectivity index (χ2n) is 5.08. The number of nitrogens with zero attached hydrogens (tertiary/aromatic N) is 1. The molecule has 16 heavy (non-hydrogen) atoms. The molecular weight excluding hydrogens is 202 g/mol. The average molecular weight is 227 g/mol. The number of carbonyl (C=O) groups is 1. The van der Waals surface area contributed by atoms with Crippen molar-refractivity contribution in [1.82, 2.24) is 4.90 Å². The van der Waals surface area contributed by atoms with Crippen molar-refractivity contribution >= 4 is 5.91 Å². The number of carbonyl (C=O) groups excluding carboxylic acids is 1. The van der Waals surface area contributed by atoms with Crippen molar-refractivity contribution < 1.29 is 9.53 Å². The average Bonchev–Trinajstić information content (AvgIpc) is 2.30. The molecule has 3 nitrogen and oxygen atoms in total. The predicted molar refractivity (Wildman–Crippen MR) is 65.3 cm³/mol. The molecule has 94 valence electrons. The van der Waals surface area contributed by atoms with E-state index in [1.54, 1.807) is 0 Å². The Morgan fingerprint density at radius 1 is 1.31 bits per heavy atom. The van der Waals surface area contributed by atoms with Crippen LogP contribution >= 0.6 is 0 Å². The molecule has 1 atom stereocenters. The minimum Gasteiger partial charge on any atom is -0.378 e.